The molecule has 0 heterocycles. The van der Waals surface area contributed by atoms with Crippen LogP contribution >= 0.6 is 0 Å². The molecule has 0 aliphatic rings. The van der Waals surface area contributed by atoms with Gasteiger partial charge < -0.3 is 20.3 Å². The summed E-state index contributed by atoms with van der Waals surface area (Å²) in [5.74, 6) is -1.79. The van der Waals surface area contributed by atoms with Crippen molar-refractivity contribution in [2.75, 3.05) is 5.32 Å². The Kier molecular flexibility index (Phi) is 5.28. The van der Waals surface area contributed by atoms with Gasteiger partial charge in [0.05, 0.1) is 18.3 Å². The van der Waals surface area contributed by atoms with Crippen molar-refractivity contribution in [3.8, 4) is 11.1 Å². The van der Waals surface area contributed by atoms with Crippen LogP contribution in [-0.4, -0.2) is 17.0 Å². The number of aliphatic hydroxyl groups excluding tert-OH is 1. The molecule has 2 N–H and O–H groups in total. The average Bonchev–Trinajstić information content (AvgIpc) is 2.78. The Morgan fingerprint density at radius 2 is 1.57 bits per heavy atom. The molecule has 0 fully saturated rings. The zero-order chi connectivity index (χ0) is 21.1. The molecule has 30 heavy (non-hydrogen) atoms. The highest BCUT2D eigenvalue weighted by atomic mass is 16.4. The molecule has 0 spiro atoms. The smallest absolute Gasteiger partial charge is 0.255 e. The molecule has 1 amide bonds. The number of carbonyl (C=O) groups is 2. The van der Waals surface area contributed by atoms with Gasteiger partial charge in [-0.1, -0.05) is 54.6 Å². The zero-order valence-electron chi connectivity index (χ0n) is 16.0. The lowest BCUT2D eigenvalue weighted by atomic mass is 10.00. The van der Waals surface area contributed by atoms with Gasteiger partial charge in [0.2, 0.25) is 0 Å². The van der Waals surface area contributed by atoms with Gasteiger partial charge in [0.25, 0.3) is 5.91 Å². The van der Waals surface area contributed by atoms with Gasteiger partial charge in [-0.25, -0.2) is 0 Å². The van der Waals surface area contributed by atoms with Gasteiger partial charge in [0, 0.05) is 11.1 Å². The molecular formula is C25H18NO4-. The van der Waals surface area contributed by atoms with E-state index in [2.05, 4.69) is 5.32 Å². The molecule has 0 unspecified atom stereocenters. The minimum Gasteiger partial charge on any atom is -0.545 e. The molecule has 4 rings (SSSR count). The van der Waals surface area contributed by atoms with Gasteiger partial charge in [-0.15, -0.1) is 0 Å². The van der Waals surface area contributed by atoms with Crippen LogP contribution in [0.5, 0.6) is 0 Å². The number of carboxylic acid groups (broad SMARTS) is 1. The van der Waals surface area contributed by atoms with Crippen molar-refractivity contribution in [1.82, 2.24) is 0 Å². The number of carbonyl (C=O) groups excluding carboxylic acids is 2. The summed E-state index contributed by atoms with van der Waals surface area (Å²) >= 11 is 0. The molecular weight excluding hydrogens is 378 g/mol. The molecule has 0 aromatic heterocycles. The summed E-state index contributed by atoms with van der Waals surface area (Å²) in [6, 6.07) is 24.9. The molecule has 5 heteroatoms. The maximum atomic E-state index is 12.7. The largest absolute Gasteiger partial charge is 0.545 e. The minimum absolute atomic E-state index is 0.110. The van der Waals surface area contributed by atoms with E-state index >= 15 is 0 Å². The maximum absolute atomic E-state index is 12.7. The Hall–Kier alpha value is -3.96. The SMILES string of the molecule is O=C(Nc1ccc(-c2cccc(CO)c2)cc1C(=O)[O-])c1ccc2ccccc2c1. The lowest BCUT2D eigenvalue weighted by Crippen LogP contribution is -2.25. The van der Waals surface area contributed by atoms with E-state index in [1.165, 1.54) is 6.07 Å². The third-order valence-electron chi connectivity index (χ3n) is 4.94. The van der Waals surface area contributed by atoms with Crippen molar-refractivity contribution >= 4 is 28.3 Å². The van der Waals surface area contributed by atoms with Crippen LogP contribution in [0.1, 0.15) is 26.3 Å². The number of rotatable bonds is 5. The van der Waals surface area contributed by atoms with E-state index < -0.39 is 11.9 Å². The van der Waals surface area contributed by atoms with Gasteiger partial charge in [0.1, 0.15) is 0 Å². The first-order valence-electron chi connectivity index (χ1n) is 9.41. The van der Waals surface area contributed by atoms with E-state index in [-0.39, 0.29) is 17.9 Å². The number of fused-ring (bicyclic) bond motifs is 1. The monoisotopic (exact) mass is 396 g/mol. The van der Waals surface area contributed by atoms with E-state index in [0.717, 1.165) is 21.9 Å². The second kappa shape index (κ2) is 8.19. The average molecular weight is 396 g/mol. The number of amides is 1. The second-order valence-corrected chi connectivity index (χ2v) is 6.92. The second-order valence-electron chi connectivity index (χ2n) is 6.92. The van der Waals surface area contributed by atoms with Crippen molar-refractivity contribution < 1.29 is 19.8 Å². The number of anilines is 1. The summed E-state index contributed by atoms with van der Waals surface area (Å²) in [5.41, 5.74) is 2.60. The van der Waals surface area contributed by atoms with Crippen LogP contribution in [-0.2, 0) is 6.61 Å². The summed E-state index contributed by atoms with van der Waals surface area (Å²) < 4.78 is 0. The van der Waals surface area contributed by atoms with Crippen LogP contribution in [0.2, 0.25) is 0 Å². The minimum atomic E-state index is -1.39. The summed E-state index contributed by atoms with van der Waals surface area (Å²) in [5, 5.41) is 25.6. The third-order valence-corrected chi connectivity index (χ3v) is 4.94. The van der Waals surface area contributed by atoms with Crippen LogP contribution in [0, 0.1) is 0 Å². The molecule has 0 saturated carbocycles. The van der Waals surface area contributed by atoms with E-state index in [0.29, 0.717) is 11.1 Å². The van der Waals surface area contributed by atoms with E-state index in [9.17, 15) is 19.8 Å². The molecule has 4 aromatic rings. The number of nitrogens with one attached hydrogen (secondary N) is 1. The number of benzene rings is 4. The zero-order valence-corrected chi connectivity index (χ0v) is 16.0. The van der Waals surface area contributed by atoms with Gasteiger partial charge in [0.15, 0.2) is 0 Å². The van der Waals surface area contributed by atoms with Gasteiger partial charge in [-0.2, -0.15) is 0 Å². The Bertz CT molecular complexity index is 1260. The lowest BCUT2D eigenvalue weighted by molar-refractivity contribution is -0.254. The summed E-state index contributed by atoms with van der Waals surface area (Å²) in [6.45, 7) is -0.110. The maximum Gasteiger partial charge on any atom is 0.255 e. The third kappa shape index (κ3) is 3.92. The number of aromatic carboxylic acids is 1. The van der Waals surface area contributed by atoms with Crippen molar-refractivity contribution in [1.29, 1.82) is 0 Å². The van der Waals surface area contributed by atoms with Crippen LogP contribution in [0.15, 0.2) is 84.9 Å². The predicted octanol–water partition coefficient (Wildman–Crippen LogP) is 3.61. The first kappa shape index (κ1) is 19.4. The quantitative estimate of drug-likeness (QED) is 0.539. The van der Waals surface area contributed by atoms with E-state index in [4.69, 9.17) is 0 Å². The number of aliphatic hydroxyl groups is 1. The Labute approximate surface area is 173 Å². The molecule has 0 aliphatic heterocycles. The van der Waals surface area contributed by atoms with Gasteiger partial charge in [-0.3, -0.25) is 4.79 Å². The number of hydrogen-bond acceptors (Lipinski definition) is 4. The van der Waals surface area contributed by atoms with Crippen LogP contribution in [0.3, 0.4) is 0 Å². The predicted molar refractivity (Wildman–Crippen MR) is 114 cm³/mol. The first-order valence-corrected chi connectivity index (χ1v) is 9.41. The molecule has 0 aliphatic carbocycles. The molecule has 5 nitrogen and oxygen atoms in total. The van der Waals surface area contributed by atoms with Gasteiger partial charge in [-0.05, 0) is 57.8 Å². The Balaban J connectivity index is 1.66. The van der Waals surface area contributed by atoms with Crippen LogP contribution in [0.4, 0.5) is 5.69 Å². The van der Waals surface area contributed by atoms with Crippen molar-refractivity contribution in [2.24, 2.45) is 0 Å². The number of carboxylic acids is 1. The lowest BCUT2D eigenvalue weighted by Gasteiger charge is -2.14. The highest BCUT2D eigenvalue weighted by molar-refractivity contribution is 6.09. The Morgan fingerprint density at radius 1 is 0.800 bits per heavy atom. The highest BCUT2D eigenvalue weighted by Crippen LogP contribution is 2.27. The summed E-state index contributed by atoms with van der Waals surface area (Å²) in [6.07, 6.45) is 0. The van der Waals surface area contributed by atoms with Crippen LogP contribution < -0.4 is 10.4 Å². The molecule has 148 valence electrons. The number of hydrogen-bond donors (Lipinski definition) is 2. The Morgan fingerprint density at radius 3 is 2.33 bits per heavy atom. The molecule has 4 aromatic carbocycles. The standard InChI is InChI=1S/C25H19NO4/c27-15-16-4-3-7-18(12-16)20-10-11-23(22(14-20)25(29)30)26-24(28)21-9-8-17-5-1-2-6-19(17)13-21/h1-14,27H,15H2,(H,26,28)(H,29,30)/p-1. The molecule has 0 bridgehead atoms. The summed E-state index contributed by atoms with van der Waals surface area (Å²) in [7, 11) is 0. The van der Waals surface area contributed by atoms with E-state index in [1.807, 2.05) is 36.4 Å². The van der Waals surface area contributed by atoms with Crippen LogP contribution in [0.25, 0.3) is 21.9 Å². The summed E-state index contributed by atoms with van der Waals surface area (Å²) in [4.78, 5) is 24.4. The van der Waals surface area contributed by atoms with Crippen molar-refractivity contribution in [3.63, 3.8) is 0 Å². The molecule has 0 saturated heterocycles. The fraction of sp³-hybridized carbons (Fsp3) is 0.0400. The van der Waals surface area contributed by atoms with Crippen molar-refractivity contribution in [3.05, 3.63) is 102 Å². The fourth-order valence-electron chi connectivity index (χ4n) is 3.38. The normalized spacial score (nSPS) is 10.7. The molecule has 0 radical (unpaired) electrons. The van der Waals surface area contributed by atoms with Gasteiger partial charge >= 0.3 is 0 Å². The molecule has 0 atom stereocenters. The van der Waals surface area contributed by atoms with Crippen molar-refractivity contribution in [2.45, 2.75) is 6.61 Å². The van der Waals surface area contributed by atoms with E-state index in [1.54, 1.807) is 42.5 Å². The highest BCUT2D eigenvalue weighted by Gasteiger charge is 2.12. The fourth-order valence-corrected chi connectivity index (χ4v) is 3.38. The topological polar surface area (TPSA) is 89.5 Å². The first-order chi connectivity index (χ1) is 14.5.